The predicted octanol–water partition coefficient (Wildman–Crippen LogP) is 18.0. The van der Waals surface area contributed by atoms with Crippen LogP contribution in [-0.4, -0.2) is 30.5 Å². The van der Waals surface area contributed by atoms with Gasteiger partial charge in [0.15, 0.2) is 0 Å². The Balaban J connectivity index is 0.892. The summed E-state index contributed by atoms with van der Waals surface area (Å²) < 4.78 is 34.3. The van der Waals surface area contributed by atoms with E-state index in [2.05, 4.69) is 113 Å². The van der Waals surface area contributed by atoms with E-state index in [1.54, 1.807) is 0 Å². The normalized spacial score (nSPS) is 13.6. The lowest BCUT2D eigenvalue weighted by atomic mass is 9.94. The van der Waals surface area contributed by atoms with E-state index in [4.69, 9.17) is 9.05 Å². The van der Waals surface area contributed by atoms with Crippen LogP contribution in [0.4, 0.5) is 0 Å². The standard InChI is InChI=1S/C68H82N4O5P/c1-49(2)59(71-65(55-37-21-11-22-38-55)63(53-33-17-9-18-34-53)69(67(71)73)57-41-25-13-26-42-57)45-29-15-31-47-61(51(5)6)76-78(75)77-62(52(7)8)48-32-16-30-46-60(50(3)4)72-66(56-39-23-12-24-40-56)64(54-35-19-10-20-36-54)70(68(72)74)58-43-27-14-28-44-58/h9-14,17-28,33-44,49-52,59-62H,15-16,29-32,45-48H2,1-8H3/q+1. The summed E-state index contributed by atoms with van der Waals surface area (Å²) in [4.78, 5) is 29.9. The zero-order valence-electron chi connectivity index (χ0n) is 47.3. The van der Waals surface area contributed by atoms with Gasteiger partial charge in [0.1, 0.15) is 12.2 Å². The van der Waals surface area contributed by atoms with Crippen LogP contribution in [0.25, 0.3) is 56.4 Å². The van der Waals surface area contributed by atoms with Crippen LogP contribution in [0.5, 0.6) is 0 Å². The average Bonchev–Trinajstić information content (AvgIpc) is 4.19. The molecule has 0 aliphatic heterocycles. The number of rotatable bonds is 28. The van der Waals surface area contributed by atoms with Crippen molar-refractivity contribution in [3.8, 4) is 56.4 Å². The van der Waals surface area contributed by atoms with Gasteiger partial charge in [-0.2, -0.15) is 0 Å². The first-order valence-corrected chi connectivity index (χ1v) is 29.8. The van der Waals surface area contributed by atoms with E-state index >= 15 is 0 Å². The lowest BCUT2D eigenvalue weighted by Crippen LogP contribution is -2.30. The van der Waals surface area contributed by atoms with Gasteiger partial charge in [0, 0.05) is 38.9 Å². The molecule has 0 bridgehead atoms. The molecule has 0 N–H and O–H groups in total. The van der Waals surface area contributed by atoms with E-state index in [0.717, 1.165) is 121 Å². The molecule has 9 nitrogen and oxygen atoms in total. The number of imidazole rings is 2. The molecule has 0 aliphatic rings. The Hall–Kier alpha value is -6.64. The SMILES string of the molecule is CC(C)C(CCCCCC(C(C)C)n1c(-c2ccccc2)c(-c2ccccc2)n(-c2ccccc2)c1=O)O[P+](=O)OC(CCCCCC(C(C)C)n1c(-c2ccccc2)c(-c2ccccc2)n(-c2ccccc2)c1=O)C(C)C. The summed E-state index contributed by atoms with van der Waals surface area (Å²) in [5.41, 5.74) is 9.29. The van der Waals surface area contributed by atoms with Gasteiger partial charge in [0.05, 0.1) is 34.2 Å². The quantitative estimate of drug-likeness (QED) is 0.0360. The highest BCUT2D eigenvalue weighted by molar-refractivity contribution is 7.33. The van der Waals surface area contributed by atoms with Gasteiger partial charge in [-0.1, -0.05) is 252 Å². The van der Waals surface area contributed by atoms with Crippen molar-refractivity contribution in [3.63, 3.8) is 0 Å². The third-order valence-electron chi connectivity index (χ3n) is 15.5. The summed E-state index contributed by atoms with van der Waals surface area (Å²) in [6.45, 7) is 17.4. The first-order valence-electron chi connectivity index (χ1n) is 28.7. The fourth-order valence-electron chi connectivity index (χ4n) is 11.3. The van der Waals surface area contributed by atoms with Crippen LogP contribution in [0.3, 0.4) is 0 Å². The lowest BCUT2D eigenvalue weighted by molar-refractivity contribution is 0.0771. The van der Waals surface area contributed by atoms with Crippen molar-refractivity contribution < 1.29 is 13.6 Å². The van der Waals surface area contributed by atoms with Crippen LogP contribution < -0.4 is 11.4 Å². The molecule has 8 aromatic rings. The molecule has 0 aliphatic carbocycles. The maximum atomic E-state index is 15.0. The maximum Gasteiger partial charge on any atom is 0.697 e. The highest BCUT2D eigenvalue weighted by Gasteiger charge is 2.35. The summed E-state index contributed by atoms with van der Waals surface area (Å²) in [6.07, 6.45) is 8.39. The van der Waals surface area contributed by atoms with E-state index in [0.29, 0.717) is 0 Å². The Kier molecular flexibility index (Phi) is 20.5. The van der Waals surface area contributed by atoms with Crippen molar-refractivity contribution in [1.82, 2.24) is 18.3 Å². The number of aromatic nitrogens is 4. The van der Waals surface area contributed by atoms with Crippen molar-refractivity contribution >= 4 is 8.25 Å². The molecular weight excluding hydrogens is 984 g/mol. The van der Waals surface area contributed by atoms with Crippen LogP contribution in [0.2, 0.25) is 0 Å². The number of para-hydroxylation sites is 2. The monoisotopic (exact) mass is 1070 g/mol. The summed E-state index contributed by atoms with van der Waals surface area (Å²) in [5.74, 6) is 0.718. The molecule has 6 aromatic carbocycles. The lowest BCUT2D eigenvalue weighted by Gasteiger charge is -2.25. The van der Waals surface area contributed by atoms with Crippen LogP contribution in [0.1, 0.15) is 132 Å². The molecule has 0 fully saturated rings. The Morgan fingerprint density at radius 1 is 0.346 bits per heavy atom. The van der Waals surface area contributed by atoms with Crippen LogP contribution in [0, 0.1) is 23.7 Å². The van der Waals surface area contributed by atoms with Crippen LogP contribution in [-0.2, 0) is 13.6 Å². The number of benzene rings is 6. The highest BCUT2D eigenvalue weighted by Crippen LogP contribution is 2.41. The van der Waals surface area contributed by atoms with Crippen molar-refractivity contribution in [2.24, 2.45) is 23.7 Å². The molecule has 408 valence electrons. The third kappa shape index (κ3) is 13.8. The third-order valence-corrected chi connectivity index (χ3v) is 16.4. The van der Waals surface area contributed by atoms with Gasteiger partial charge in [0.25, 0.3) is 0 Å². The highest BCUT2D eigenvalue weighted by atomic mass is 31.1. The molecule has 8 rings (SSSR count). The van der Waals surface area contributed by atoms with E-state index < -0.39 is 8.25 Å². The minimum atomic E-state index is -2.34. The molecule has 10 heteroatoms. The van der Waals surface area contributed by atoms with E-state index in [-0.39, 0.29) is 59.3 Å². The van der Waals surface area contributed by atoms with Gasteiger partial charge in [-0.15, -0.1) is 9.05 Å². The average molecular weight is 1070 g/mol. The second kappa shape index (κ2) is 27.8. The predicted molar refractivity (Wildman–Crippen MR) is 323 cm³/mol. The molecule has 0 radical (unpaired) electrons. The molecule has 0 saturated carbocycles. The van der Waals surface area contributed by atoms with Gasteiger partial charge in [-0.3, -0.25) is 18.3 Å². The number of nitrogens with zero attached hydrogens (tertiary/aromatic N) is 4. The van der Waals surface area contributed by atoms with Crippen molar-refractivity contribution in [2.45, 2.75) is 144 Å². The first-order chi connectivity index (χ1) is 37.8. The Bertz CT molecular complexity index is 3000. The summed E-state index contributed by atoms with van der Waals surface area (Å²) >= 11 is 0. The molecular formula is C68H82N4O5P+. The smallest absolute Gasteiger partial charge is 0.288 e. The first kappa shape index (κ1) is 57.5. The van der Waals surface area contributed by atoms with Gasteiger partial charge < -0.3 is 0 Å². The molecule has 2 heterocycles. The summed E-state index contributed by atoms with van der Waals surface area (Å²) in [6, 6.07) is 61.1. The molecule has 2 aromatic heterocycles. The molecule has 0 amide bonds. The van der Waals surface area contributed by atoms with E-state index in [9.17, 15) is 14.2 Å². The van der Waals surface area contributed by atoms with E-state index in [1.165, 1.54) is 0 Å². The van der Waals surface area contributed by atoms with Crippen molar-refractivity contribution in [2.75, 3.05) is 0 Å². The van der Waals surface area contributed by atoms with Crippen LogP contribution >= 0.6 is 8.25 Å². The minimum absolute atomic E-state index is 0.0339. The van der Waals surface area contributed by atoms with E-state index in [1.807, 2.05) is 143 Å². The van der Waals surface area contributed by atoms with Crippen molar-refractivity contribution in [1.29, 1.82) is 0 Å². The molecule has 4 atom stereocenters. The van der Waals surface area contributed by atoms with Crippen molar-refractivity contribution in [3.05, 3.63) is 203 Å². The van der Waals surface area contributed by atoms with Gasteiger partial charge >= 0.3 is 19.6 Å². The number of unbranched alkanes of at least 4 members (excludes halogenated alkanes) is 4. The Morgan fingerprint density at radius 2 is 0.615 bits per heavy atom. The molecule has 0 saturated heterocycles. The minimum Gasteiger partial charge on any atom is -0.288 e. The largest absolute Gasteiger partial charge is 0.697 e. The maximum absolute atomic E-state index is 15.0. The summed E-state index contributed by atoms with van der Waals surface area (Å²) in [7, 11) is -2.34. The van der Waals surface area contributed by atoms with Gasteiger partial charge in [-0.25, -0.2) is 9.59 Å². The zero-order valence-corrected chi connectivity index (χ0v) is 48.2. The summed E-state index contributed by atoms with van der Waals surface area (Å²) in [5, 5.41) is 0. The number of hydrogen-bond donors (Lipinski definition) is 0. The zero-order chi connectivity index (χ0) is 55.1. The second-order valence-corrected chi connectivity index (χ2v) is 23.3. The van der Waals surface area contributed by atoms with Gasteiger partial charge in [0.2, 0.25) is 0 Å². The molecule has 78 heavy (non-hydrogen) atoms. The second-order valence-electron chi connectivity index (χ2n) is 22.4. The molecule has 0 spiro atoms. The Morgan fingerprint density at radius 3 is 0.897 bits per heavy atom. The van der Waals surface area contributed by atoms with Crippen LogP contribution in [0.15, 0.2) is 192 Å². The van der Waals surface area contributed by atoms with Gasteiger partial charge in [-0.05, 0) is 73.6 Å². The topological polar surface area (TPSA) is 89.4 Å². The fourth-order valence-corrected chi connectivity index (χ4v) is 12.5. The number of hydrogen-bond acceptors (Lipinski definition) is 5. The molecule has 4 unspecified atom stereocenters. The Labute approximate surface area is 464 Å². The fraction of sp³-hybridized carbons (Fsp3) is 0.382.